The van der Waals surface area contributed by atoms with E-state index in [1.807, 2.05) is 0 Å². The second kappa shape index (κ2) is 4.40. The van der Waals surface area contributed by atoms with Gasteiger partial charge in [0.25, 0.3) is 0 Å². The fourth-order valence-corrected chi connectivity index (χ4v) is 1.82. The van der Waals surface area contributed by atoms with Crippen molar-refractivity contribution in [2.24, 2.45) is 17.6 Å². The van der Waals surface area contributed by atoms with Gasteiger partial charge >= 0.3 is 6.03 Å². The molecule has 5 amide bonds. The van der Waals surface area contributed by atoms with Gasteiger partial charge in [0.1, 0.15) is 11.5 Å². The number of nitrogens with two attached hydrogens (primary N) is 1. The van der Waals surface area contributed by atoms with Crippen LogP contribution in [0.1, 0.15) is 27.7 Å². The Bertz CT molecular complexity index is 428. The molecule has 18 heavy (non-hydrogen) atoms. The summed E-state index contributed by atoms with van der Waals surface area (Å²) in [7, 11) is 0. The predicted octanol–water partition coefficient (Wildman–Crippen LogP) is -0.399. The van der Waals surface area contributed by atoms with E-state index in [1.54, 1.807) is 13.8 Å². The van der Waals surface area contributed by atoms with Crippen molar-refractivity contribution in [2.45, 2.75) is 33.2 Å². The van der Waals surface area contributed by atoms with Gasteiger partial charge in [-0.05, 0) is 19.8 Å². The lowest BCUT2D eigenvalue weighted by Gasteiger charge is -2.39. The number of carbonyl (C=O) groups excluding carboxylic acids is 4. The molecule has 1 unspecified atom stereocenters. The van der Waals surface area contributed by atoms with Crippen molar-refractivity contribution < 1.29 is 19.2 Å². The van der Waals surface area contributed by atoms with E-state index in [4.69, 9.17) is 5.73 Å². The molecule has 1 atom stereocenters. The van der Waals surface area contributed by atoms with Crippen LogP contribution in [0.15, 0.2) is 0 Å². The lowest BCUT2D eigenvalue weighted by Crippen LogP contribution is -2.68. The fourth-order valence-electron chi connectivity index (χ4n) is 1.82. The maximum absolute atomic E-state index is 12.2. The van der Waals surface area contributed by atoms with E-state index in [1.165, 1.54) is 13.8 Å². The van der Waals surface area contributed by atoms with Gasteiger partial charge in [0.05, 0.1) is 0 Å². The second-order valence-electron chi connectivity index (χ2n) is 5.11. The first-order chi connectivity index (χ1) is 8.10. The van der Waals surface area contributed by atoms with Crippen LogP contribution in [0.2, 0.25) is 0 Å². The van der Waals surface area contributed by atoms with Gasteiger partial charge in [0.2, 0.25) is 17.7 Å². The summed E-state index contributed by atoms with van der Waals surface area (Å²) >= 11 is 0. The lowest BCUT2D eigenvalue weighted by molar-refractivity contribution is -0.151. The molecule has 0 aromatic rings. The number of imide groups is 2. The molecule has 1 aliphatic rings. The van der Waals surface area contributed by atoms with Gasteiger partial charge in [-0.2, -0.15) is 0 Å². The average molecular weight is 255 g/mol. The molecule has 7 heteroatoms. The Morgan fingerprint density at radius 1 is 1.33 bits per heavy atom. The van der Waals surface area contributed by atoms with Gasteiger partial charge in [-0.15, -0.1) is 0 Å². The van der Waals surface area contributed by atoms with Gasteiger partial charge in [0, 0.05) is 0 Å². The van der Waals surface area contributed by atoms with E-state index < -0.39 is 35.2 Å². The zero-order chi connectivity index (χ0) is 14.2. The Kier molecular flexibility index (Phi) is 3.45. The molecule has 0 aromatic heterocycles. The Morgan fingerprint density at radius 3 is 2.22 bits per heavy atom. The molecular weight excluding hydrogens is 238 g/mol. The SMILES string of the molecule is CC(C)C1C(=O)NC(=O)N(C(C)(C)C(N)=O)C1=O. The number of hydrogen-bond acceptors (Lipinski definition) is 4. The number of urea groups is 1. The standard InChI is InChI=1S/C11H17N3O4/c1-5(2)6-7(15)13-10(18)14(8(6)16)11(3,4)9(12)17/h5-6H,1-4H3,(H2,12,17)(H,13,15,18). The predicted molar refractivity (Wildman–Crippen MR) is 62.0 cm³/mol. The minimum atomic E-state index is -1.48. The van der Waals surface area contributed by atoms with Gasteiger partial charge < -0.3 is 5.73 Å². The van der Waals surface area contributed by atoms with Crippen molar-refractivity contribution in [3.8, 4) is 0 Å². The molecule has 100 valence electrons. The third-order valence-corrected chi connectivity index (χ3v) is 3.03. The van der Waals surface area contributed by atoms with Crippen molar-refractivity contribution in [2.75, 3.05) is 0 Å². The average Bonchev–Trinajstić information content (AvgIpc) is 2.14. The molecule has 0 bridgehead atoms. The Labute approximate surface area is 105 Å². The number of primary amides is 1. The smallest absolute Gasteiger partial charge is 0.331 e. The second-order valence-corrected chi connectivity index (χ2v) is 5.11. The maximum atomic E-state index is 12.2. The van der Waals surface area contributed by atoms with Crippen molar-refractivity contribution in [1.29, 1.82) is 0 Å². The fraction of sp³-hybridized carbons (Fsp3) is 0.636. The monoisotopic (exact) mass is 255 g/mol. The molecule has 0 aliphatic carbocycles. The van der Waals surface area contributed by atoms with Crippen LogP contribution in [-0.4, -0.2) is 34.2 Å². The van der Waals surface area contributed by atoms with Crippen molar-refractivity contribution in [3.05, 3.63) is 0 Å². The molecular formula is C11H17N3O4. The summed E-state index contributed by atoms with van der Waals surface area (Å²) in [6, 6.07) is -0.911. The number of nitrogens with zero attached hydrogens (tertiary/aromatic N) is 1. The van der Waals surface area contributed by atoms with E-state index in [-0.39, 0.29) is 5.92 Å². The number of barbiturate groups is 1. The molecule has 1 saturated heterocycles. The summed E-state index contributed by atoms with van der Waals surface area (Å²) in [6.07, 6.45) is 0. The zero-order valence-electron chi connectivity index (χ0n) is 10.8. The Balaban J connectivity index is 3.20. The Morgan fingerprint density at radius 2 is 1.83 bits per heavy atom. The van der Waals surface area contributed by atoms with Crippen LogP contribution in [0.5, 0.6) is 0 Å². The molecule has 7 nitrogen and oxygen atoms in total. The highest BCUT2D eigenvalue weighted by Crippen LogP contribution is 2.25. The number of rotatable bonds is 3. The van der Waals surface area contributed by atoms with E-state index >= 15 is 0 Å². The van der Waals surface area contributed by atoms with E-state index in [0.29, 0.717) is 0 Å². The van der Waals surface area contributed by atoms with E-state index in [9.17, 15) is 19.2 Å². The van der Waals surface area contributed by atoms with Crippen molar-refractivity contribution in [1.82, 2.24) is 10.2 Å². The highest BCUT2D eigenvalue weighted by molar-refractivity contribution is 6.18. The normalized spacial score (nSPS) is 21.3. The topological polar surface area (TPSA) is 110 Å². The minimum Gasteiger partial charge on any atom is -0.368 e. The number of carbonyl (C=O) groups is 4. The first-order valence-corrected chi connectivity index (χ1v) is 5.59. The first kappa shape index (κ1) is 14.1. The summed E-state index contributed by atoms with van der Waals surface area (Å²) < 4.78 is 0. The van der Waals surface area contributed by atoms with Crippen LogP contribution in [0, 0.1) is 11.8 Å². The Hall–Kier alpha value is -1.92. The van der Waals surface area contributed by atoms with E-state index in [0.717, 1.165) is 4.90 Å². The largest absolute Gasteiger partial charge is 0.368 e. The van der Waals surface area contributed by atoms with Gasteiger partial charge in [-0.3, -0.25) is 19.7 Å². The van der Waals surface area contributed by atoms with Crippen LogP contribution in [0.4, 0.5) is 4.79 Å². The molecule has 1 fully saturated rings. The third-order valence-electron chi connectivity index (χ3n) is 3.03. The molecule has 0 saturated carbocycles. The van der Waals surface area contributed by atoms with Gasteiger partial charge in [0.15, 0.2) is 0 Å². The molecule has 0 aromatic carbocycles. The molecule has 1 aliphatic heterocycles. The summed E-state index contributed by atoms with van der Waals surface area (Å²) in [5.41, 5.74) is 3.71. The molecule has 3 N–H and O–H groups in total. The molecule has 0 spiro atoms. The zero-order valence-corrected chi connectivity index (χ0v) is 10.8. The lowest BCUT2D eigenvalue weighted by atomic mass is 9.89. The number of nitrogens with one attached hydrogen (secondary N) is 1. The highest BCUT2D eigenvalue weighted by atomic mass is 16.2. The molecule has 1 heterocycles. The molecule has 1 rings (SSSR count). The quantitative estimate of drug-likeness (QED) is 0.668. The van der Waals surface area contributed by atoms with Crippen molar-refractivity contribution in [3.63, 3.8) is 0 Å². The maximum Gasteiger partial charge on any atom is 0.331 e. The van der Waals surface area contributed by atoms with E-state index in [2.05, 4.69) is 5.32 Å². The third kappa shape index (κ3) is 2.07. The summed E-state index contributed by atoms with van der Waals surface area (Å²) in [5, 5.41) is 2.07. The van der Waals surface area contributed by atoms with Crippen LogP contribution in [0.25, 0.3) is 0 Å². The van der Waals surface area contributed by atoms with Crippen molar-refractivity contribution >= 4 is 23.8 Å². The van der Waals surface area contributed by atoms with Crippen LogP contribution < -0.4 is 11.1 Å². The number of hydrogen-bond donors (Lipinski definition) is 2. The summed E-state index contributed by atoms with van der Waals surface area (Å²) in [4.78, 5) is 47.5. The van der Waals surface area contributed by atoms with Crippen LogP contribution in [0.3, 0.4) is 0 Å². The summed E-state index contributed by atoms with van der Waals surface area (Å²) in [6.45, 7) is 6.10. The van der Waals surface area contributed by atoms with Gasteiger partial charge in [-0.1, -0.05) is 13.8 Å². The van der Waals surface area contributed by atoms with Crippen LogP contribution >= 0.6 is 0 Å². The minimum absolute atomic E-state index is 0.281. The first-order valence-electron chi connectivity index (χ1n) is 5.59. The van der Waals surface area contributed by atoms with Gasteiger partial charge in [-0.25, -0.2) is 9.69 Å². The number of amides is 5. The molecule has 0 radical (unpaired) electrons. The highest BCUT2D eigenvalue weighted by Gasteiger charge is 2.49. The van der Waals surface area contributed by atoms with Crippen LogP contribution in [-0.2, 0) is 14.4 Å². The summed E-state index contributed by atoms with van der Waals surface area (Å²) in [5.74, 6) is -3.42.